The molecule has 0 aromatic carbocycles. The van der Waals surface area contributed by atoms with E-state index in [9.17, 15) is 4.79 Å². The highest BCUT2D eigenvalue weighted by Gasteiger charge is 2.38. The second-order valence-electron chi connectivity index (χ2n) is 4.24. The van der Waals surface area contributed by atoms with Crippen LogP contribution in [0.2, 0.25) is 0 Å². The molecule has 2 rings (SSSR count). The van der Waals surface area contributed by atoms with Gasteiger partial charge in [0.2, 0.25) is 0 Å². The van der Waals surface area contributed by atoms with Crippen LogP contribution in [0.25, 0.3) is 0 Å². The van der Waals surface area contributed by atoms with Crippen LogP contribution in [-0.2, 0) is 19.0 Å². The summed E-state index contributed by atoms with van der Waals surface area (Å²) in [6.45, 7) is 2.86. The number of rotatable bonds is 6. The Bertz CT molecular complexity index is 304. The van der Waals surface area contributed by atoms with E-state index in [4.69, 9.17) is 14.2 Å². The first kappa shape index (κ1) is 11.5. The number of carbonyl (C=O) groups excluding carboxylic acids is 1. The van der Waals surface area contributed by atoms with Gasteiger partial charge in [-0.15, -0.1) is 0 Å². The average molecular weight is 226 g/mol. The molecule has 90 valence electrons. The van der Waals surface area contributed by atoms with Crippen LogP contribution in [0, 0.1) is 0 Å². The number of hydrogen-bond acceptors (Lipinski definition) is 4. The van der Waals surface area contributed by atoms with Gasteiger partial charge in [-0.25, -0.2) is 4.79 Å². The van der Waals surface area contributed by atoms with E-state index >= 15 is 0 Å². The van der Waals surface area contributed by atoms with Gasteiger partial charge in [0.05, 0.1) is 25.4 Å². The first-order valence-electron chi connectivity index (χ1n) is 5.85. The average Bonchev–Trinajstić information content (AvgIpc) is 3.03. The summed E-state index contributed by atoms with van der Waals surface area (Å²) in [6.07, 6.45) is 3.62. The fourth-order valence-electron chi connectivity index (χ4n) is 1.98. The fourth-order valence-corrected chi connectivity index (χ4v) is 1.98. The van der Waals surface area contributed by atoms with Gasteiger partial charge >= 0.3 is 5.97 Å². The van der Waals surface area contributed by atoms with Crippen molar-refractivity contribution >= 4 is 5.97 Å². The Hall–Kier alpha value is -1.03. The van der Waals surface area contributed by atoms with Crippen molar-refractivity contribution in [2.45, 2.75) is 44.8 Å². The molecule has 0 amide bonds. The Kier molecular flexibility index (Phi) is 3.49. The van der Waals surface area contributed by atoms with Gasteiger partial charge in [-0.2, -0.15) is 0 Å². The van der Waals surface area contributed by atoms with Crippen molar-refractivity contribution in [3.05, 3.63) is 11.3 Å². The molecular formula is C12H18O4. The van der Waals surface area contributed by atoms with Crippen molar-refractivity contribution in [2.24, 2.45) is 0 Å². The third-order valence-electron chi connectivity index (χ3n) is 2.96. The highest BCUT2D eigenvalue weighted by Crippen LogP contribution is 2.32. The smallest absolute Gasteiger partial charge is 0.338 e. The number of epoxide rings is 1. The van der Waals surface area contributed by atoms with Crippen molar-refractivity contribution in [3.63, 3.8) is 0 Å². The normalized spacial score (nSPS) is 28.2. The molecule has 0 aromatic heterocycles. The largest absolute Gasteiger partial charge is 0.497 e. The quantitative estimate of drug-likeness (QED) is 0.511. The molecule has 2 aliphatic rings. The van der Waals surface area contributed by atoms with Crippen LogP contribution in [0.3, 0.4) is 0 Å². The molecule has 2 heterocycles. The van der Waals surface area contributed by atoms with Gasteiger partial charge < -0.3 is 14.2 Å². The monoisotopic (exact) mass is 226 g/mol. The molecule has 2 unspecified atom stereocenters. The van der Waals surface area contributed by atoms with Crippen molar-refractivity contribution in [3.8, 4) is 0 Å². The minimum absolute atomic E-state index is 0.175. The van der Waals surface area contributed by atoms with Crippen LogP contribution in [0.1, 0.15) is 32.6 Å². The van der Waals surface area contributed by atoms with E-state index in [1.165, 1.54) is 0 Å². The molecule has 16 heavy (non-hydrogen) atoms. The molecule has 4 heteroatoms. The molecule has 0 bridgehead atoms. The zero-order valence-corrected chi connectivity index (χ0v) is 9.82. The van der Waals surface area contributed by atoms with E-state index < -0.39 is 0 Å². The van der Waals surface area contributed by atoms with E-state index in [1.807, 2.05) is 0 Å². The molecule has 1 fully saturated rings. The third kappa shape index (κ3) is 2.38. The van der Waals surface area contributed by atoms with Crippen LogP contribution in [0.5, 0.6) is 0 Å². The zero-order chi connectivity index (χ0) is 11.5. The molecule has 2 aliphatic heterocycles. The summed E-state index contributed by atoms with van der Waals surface area (Å²) < 4.78 is 15.8. The summed E-state index contributed by atoms with van der Waals surface area (Å²) >= 11 is 0. The Balaban J connectivity index is 2.05. The topological polar surface area (TPSA) is 48.1 Å². The minimum Gasteiger partial charge on any atom is -0.497 e. The van der Waals surface area contributed by atoms with Gasteiger partial charge in [0, 0.05) is 6.42 Å². The van der Waals surface area contributed by atoms with Crippen LogP contribution in [-0.4, -0.2) is 31.9 Å². The summed E-state index contributed by atoms with van der Waals surface area (Å²) in [5, 5.41) is 0. The highest BCUT2D eigenvalue weighted by molar-refractivity contribution is 5.91. The molecule has 2 atom stereocenters. The van der Waals surface area contributed by atoms with Crippen molar-refractivity contribution in [1.82, 2.24) is 0 Å². The summed E-state index contributed by atoms with van der Waals surface area (Å²) in [7, 11) is 1.60. The van der Waals surface area contributed by atoms with Gasteiger partial charge in [0.25, 0.3) is 0 Å². The second kappa shape index (κ2) is 4.87. The number of ether oxygens (including phenoxy) is 3. The third-order valence-corrected chi connectivity index (χ3v) is 2.96. The van der Waals surface area contributed by atoms with Gasteiger partial charge in [-0.3, -0.25) is 0 Å². The van der Waals surface area contributed by atoms with Crippen molar-refractivity contribution < 1.29 is 19.0 Å². The number of unbranched alkanes of at least 4 members (excludes halogenated alkanes) is 1. The molecule has 0 N–H and O–H groups in total. The molecule has 0 saturated carbocycles. The maximum atomic E-state index is 11.7. The molecule has 4 nitrogen and oxygen atoms in total. The predicted molar refractivity (Wildman–Crippen MR) is 57.8 cm³/mol. The second-order valence-corrected chi connectivity index (χ2v) is 4.24. The Morgan fingerprint density at radius 2 is 2.25 bits per heavy atom. The number of hydrogen-bond donors (Lipinski definition) is 0. The van der Waals surface area contributed by atoms with Gasteiger partial charge in [0.15, 0.2) is 6.10 Å². The lowest BCUT2D eigenvalue weighted by Crippen LogP contribution is -2.12. The molecule has 0 aliphatic carbocycles. The minimum atomic E-state index is -0.228. The van der Waals surface area contributed by atoms with E-state index in [2.05, 4.69) is 6.92 Å². The van der Waals surface area contributed by atoms with Crippen LogP contribution in [0.4, 0.5) is 0 Å². The number of carbonyl (C=O) groups is 1. The predicted octanol–water partition coefficient (Wildman–Crippen LogP) is 1.79. The lowest BCUT2D eigenvalue weighted by atomic mass is 10.1. The van der Waals surface area contributed by atoms with Crippen LogP contribution in [0.15, 0.2) is 11.3 Å². The molecule has 0 radical (unpaired) electrons. The van der Waals surface area contributed by atoms with E-state index in [-0.39, 0.29) is 18.2 Å². The van der Waals surface area contributed by atoms with Gasteiger partial charge in [-0.1, -0.05) is 13.3 Å². The van der Waals surface area contributed by atoms with Crippen LogP contribution < -0.4 is 0 Å². The Morgan fingerprint density at radius 1 is 1.50 bits per heavy atom. The van der Waals surface area contributed by atoms with Gasteiger partial charge in [0.1, 0.15) is 5.76 Å². The first-order valence-corrected chi connectivity index (χ1v) is 5.85. The number of cyclic esters (lactones) is 1. The Morgan fingerprint density at radius 3 is 2.81 bits per heavy atom. The molecule has 1 saturated heterocycles. The Labute approximate surface area is 95.6 Å². The zero-order valence-electron chi connectivity index (χ0n) is 9.82. The molecular weight excluding hydrogens is 208 g/mol. The molecule has 0 spiro atoms. The van der Waals surface area contributed by atoms with E-state index in [0.717, 1.165) is 25.9 Å². The van der Waals surface area contributed by atoms with Gasteiger partial charge in [-0.05, 0) is 12.8 Å². The number of esters is 1. The van der Waals surface area contributed by atoms with E-state index in [1.54, 1.807) is 7.11 Å². The standard InChI is InChI=1S/C12H18O4/c1-3-4-5-10-11(14-2)9(12(13)16-10)6-8-7-15-8/h8,10H,3-7H2,1-2H3. The van der Waals surface area contributed by atoms with E-state index in [0.29, 0.717) is 17.8 Å². The summed E-state index contributed by atoms with van der Waals surface area (Å²) in [6, 6.07) is 0. The van der Waals surface area contributed by atoms with Crippen molar-refractivity contribution in [2.75, 3.05) is 13.7 Å². The lowest BCUT2D eigenvalue weighted by Gasteiger charge is -2.12. The molecule has 0 aromatic rings. The maximum absolute atomic E-state index is 11.7. The van der Waals surface area contributed by atoms with Crippen LogP contribution >= 0.6 is 0 Å². The number of methoxy groups -OCH3 is 1. The summed E-state index contributed by atoms with van der Waals surface area (Å²) in [5.41, 5.74) is 0.672. The van der Waals surface area contributed by atoms with Crippen molar-refractivity contribution in [1.29, 1.82) is 0 Å². The summed E-state index contributed by atoms with van der Waals surface area (Å²) in [5.74, 6) is 0.488. The fraction of sp³-hybridized carbons (Fsp3) is 0.750. The summed E-state index contributed by atoms with van der Waals surface area (Å²) in [4.78, 5) is 11.7. The first-order chi connectivity index (χ1) is 7.76. The lowest BCUT2D eigenvalue weighted by molar-refractivity contribution is -0.140. The maximum Gasteiger partial charge on any atom is 0.338 e. The SMILES string of the molecule is CCCCC1OC(=O)C(CC2CO2)=C1OC. The highest BCUT2D eigenvalue weighted by atomic mass is 16.6.